The zero-order chi connectivity index (χ0) is 23.6. The van der Waals surface area contributed by atoms with E-state index in [1.54, 1.807) is 24.3 Å². The summed E-state index contributed by atoms with van der Waals surface area (Å²) in [5.74, 6) is 1.39. The van der Waals surface area contributed by atoms with Crippen molar-refractivity contribution in [1.82, 2.24) is 0 Å². The second-order valence-electron chi connectivity index (χ2n) is 11.4. The topological polar surface area (TPSA) is 81.5 Å². The Hall–Kier alpha value is -2.60. The van der Waals surface area contributed by atoms with Crippen LogP contribution < -0.4 is 10.1 Å². The van der Waals surface area contributed by atoms with E-state index >= 15 is 0 Å². The lowest BCUT2D eigenvalue weighted by atomic mass is 9.40. The minimum absolute atomic E-state index is 0.0159. The summed E-state index contributed by atoms with van der Waals surface area (Å²) in [6, 6.07) is 9.63. The quantitative estimate of drug-likeness (QED) is 0.369. The predicted octanol–water partition coefficient (Wildman–Crippen LogP) is 7.28. The maximum Gasteiger partial charge on any atom is 0.275 e. The van der Waals surface area contributed by atoms with Crippen LogP contribution in [0.4, 0.5) is 11.4 Å². The zero-order valence-corrected chi connectivity index (χ0v) is 20.0. The highest BCUT2D eigenvalue weighted by molar-refractivity contribution is 6.31. The highest BCUT2D eigenvalue weighted by atomic mass is 35.5. The van der Waals surface area contributed by atoms with Crippen molar-refractivity contribution >= 4 is 28.9 Å². The third-order valence-corrected chi connectivity index (χ3v) is 8.26. The van der Waals surface area contributed by atoms with Crippen molar-refractivity contribution in [3.8, 4) is 11.5 Å². The number of halogens is 1. The molecule has 1 amide bonds. The van der Waals surface area contributed by atoms with Crippen molar-refractivity contribution in [3.05, 3.63) is 57.1 Å². The van der Waals surface area contributed by atoms with Gasteiger partial charge in [-0.3, -0.25) is 14.9 Å². The lowest BCUT2D eigenvalue weighted by Crippen LogP contribution is -2.58. The normalized spacial score (nSPS) is 31.9. The van der Waals surface area contributed by atoms with Gasteiger partial charge in [0.05, 0.1) is 22.1 Å². The third-order valence-electron chi connectivity index (χ3n) is 7.83. The molecule has 4 bridgehead atoms. The van der Waals surface area contributed by atoms with Gasteiger partial charge in [-0.2, -0.15) is 0 Å². The summed E-state index contributed by atoms with van der Waals surface area (Å²) in [7, 11) is 0. The Morgan fingerprint density at radius 2 is 1.76 bits per heavy atom. The molecule has 0 aliphatic heterocycles. The standard InChI is InChI=1S/C26H29ClN2O4/c1-16-6-20(4-5-22(16)27)33-21-8-18(7-19(9-21)29(31)32)28-23(30)26-12-17-10-24(2,14-26)13-25(3,11-17)15-26/h4-9,17H,10-15H2,1-3H3,(H,28,30)/t17?,24-,25-,26?/m0/s1. The molecule has 174 valence electrons. The maximum atomic E-state index is 13.6. The largest absolute Gasteiger partial charge is 0.457 e. The van der Waals surface area contributed by atoms with E-state index in [9.17, 15) is 14.9 Å². The molecular formula is C26H29ClN2O4. The molecule has 2 aromatic carbocycles. The maximum absolute atomic E-state index is 13.6. The second kappa shape index (κ2) is 7.45. The van der Waals surface area contributed by atoms with E-state index in [1.807, 2.05) is 6.92 Å². The molecule has 4 saturated carbocycles. The van der Waals surface area contributed by atoms with Crippen LogP contribution in [-0.2, 0) is 4.79 Å². The summed E-state index contributed by atoms with van der Waals surface area (Å²) in [5.41, 5.74) is 1.11. The van der Waals surface area contributed by atoms with Gasteiger partial charge in [-0.05, 0) is 86.0 Å². The number of nitrogens with zero attached hydrogens (tertiary/aromatic N) is 1. The van der Waals surface area contributed by atoms with Gasteiger partial charge in [-0.25, -0.2) is 0 Å². The monoisotopic (exact) mass is 468 g/mol. The molecule has 0 spiro atoms. The average Bonchev–Trinajstić information content (AvgIpc) is 2.68. The Bertz CT molecular complexity index is 1140. The molecule has 2 aromatic rings. The van der Waals surface area contributed by atoms with E-state index in [1.165, 1.54) is 31.4 Å². The van der Waals surface area contributed by atoms with Gasteiger partial charge in [0, 0.05) is 17.2 Å². The van der Waals surface area contributed by atoms with Gasteiger partial charge in [0.2, 0.25) is 5.91 Å². The second-order valence-corrected chi connectivity index (χ2v) is 11.8. The smallest absolute Gasteiger partial charge is 0.275 e. The van der Waals surface area contributed by atoms with Crippen LogP contribution in [-0.4, -0.2) is 10.8 Å². The number of anilines is 1. The van der Waals surface area contributed by atoms with Gasteiger partial charge in [0.1, 0.15) is 11.5 Å². The van der Waals surface area contributed by atoms with Crippen molar-refractivity contribution in [2.45, 2.75) is 59.3 Å². The van der Waals surface area contributed by atoms with E-state index in [2.05, 4.69) is 19.2 Å². The minimum atomic E-state index is -0.470. The Kier molecular flexibility index (Phi) is 5.02. The van der Waals surface area contributed by atoms with Crippen molar-refractivity contribution in [2.24, 2.45) is 22.2 Å². The van der Waals surface area contributed by atoms with Gasteiger partial charge in [0.15, 0.2) is 0 Å². The number of hydrogen-bond acceptors (Lipinski definition) is 4. The van der Waals surface area contributed by atoms with Gasteiger partial charge in [-0.1, -0.05) is 25.4 Å². The summed E-state index contributed by atoms with van der Waals surface area (Å²) >= 11 is 6.09. The summed E-state index contributed by atoms with van der Waals surface area (Å²) in [6.07, 6.45) is 6.27. The minimum Gasteiger partial charge on any atom is -0.457 e. The first kappa shape index (κ1) is 22.2. The Morgan fingerprint density at radius 1 is 1.06 bits per heavy atom. The highest BCUT2D eigenvalue weighted by Crippen LogP contribution is 2.69. The number of aryl methyl sites for hydroxylation is 1. The van der Waals surface area contributed by atoms with Crippen LogP contribution in [0.15, 0.2) is 36.4 Å². The first-order valence-electron chi connectivity index (χ1n) is 11.5. The van der Waals surface area contributed by atoms with Gasteiger partial charge in [-0.15, -0.1) is 0 Å². The van der Waals surface area contributed by atoms with Crippen molar-refractivity contribution in [2.75, 3.05) is 5.32 Å². The highest BCUT2D eigenvalue weighted by Gasteiger charge is 2.62. The number of carbonyl (C=O) groups excluding carboxylic acids is 1. The molecule has 4 aliphatic rings. The lowest BCUT2D eigenvalue weighted by Gasteiger charge is -2.64. The lowest BCUT2D eigenvalue weighted by molar-refractivity contribution is -0.384. The van der Waals surface area contributed by atoms with Crippen LogP contribution in [0.3, 0.4) is 0 Å². The molecule has 6 nitrogen and oxygen atoms in total. The van der Waals surface area contributed by atoms with Crippen LogP contribution in [0.2, 0.25) is 5.02 Å². The number of ether oxygens (including phenoxy) is 1. The molecule has 0 aromatic heterocycles. The summed E-state index contributed by atoms with van der Waals surface area (Å²) in [6.45, 7) is 6.51. The number of hydrogen-bond donors (Lipinski definition) is 1. The van der Waals surface area contributed by atoms with Crippen LogP contribution in [0, 0.1) is 39.2 Å². The van der Waals surface area contributed by atoms with E-state index in [4.69, 9.17) is 16.3 Å². The molecule has 4 aliphatic carbocycles. The number of nitro groups is 1. The Morgan fingerprint density at radius 3 is 2.36 bits per heavy atom. The van der Waals surface area contributed by atoms with Crippen LogP contribution >= 0.6 is 11.6 Å². The van der Waals surface area contributed by atoms with Crippen molar-refractivity contribution in [3.63, 3.8) is 0 Å². The van der Waals surface area contributed by atoms with Gasteiger partial charge in [0.25, 0.3) is 5.69 Å². The summed E-state index contributed by atoms with van der Waals surface area (Å²) < 4.78 is 5.89. The number of rotatable bonds is 5. The molecule has 0 saturated heterocycles. The molecule has 33 heavy (non-hydrogen) atoms. The number of carbonyl (C=O) groups is 1. The molecular weight excluding hydrogens is 440 g/mol. The summed E-state index contributed by atoms with van der Waals surface area (Å²) in [4.78, 5) is 24.7. The number of nitrogens with one attached hydrogen (secondary N) is 1. The van der Waals surface area contributed by atoms with Gasteiger partial charge >= 0.3 is 0 Å². The molecule has 0 unspecified atom stereocenters. The number of benzene rings is 2. The molecule has 1 N–H and O–H groups in total. The third kappa shape index (κ3) is 4.10. The molecule has 6 rings (SSSR count). The van der Waals surface area contributed by atoms with E-state index in [0.29, 0.717) is 28.1 Å². The van der Waals surface area contributed by atoms with Crippen molar-refractivity contribution < 1.29 is 14.5 Å². The SMILES string of the molecule is Cc1cc(Oc2cc(NC(=O)C34CC5C[C@](C)(C3)C[C@](C)(C5)C4)cc([N+](=O)[O-])c2)ccc1Cl. The van der Waals surface area contributed by atoms with Crippen molar-refractivity contribution in [1.29, 1.82) is 0 Å². The van der Waals surface area contributed by atoms with Crippen LogP contribution in [0.1, 0.15) is 57.9 Å². The number of amides is 1. The van der Waals surface area contributed by atoms with Gasteiger partial charge < -0.3 is 10.1 Å². The molecule has 0 radical (unpaired) electrons. The Labute approximate surface area is 198 Å². The van der Waals surface area contributed by atoms with Crippen LogP contribution in [0.25, 0.3) is 0 Å². The molecule has 2 atom stereocenters. The Balaban J connectivity index is 1.43. The number of non-ortho nitro benzene ring substituents is 1. The fourth-order valence-corrected chi connectivity index (χ4v) is 7.72. The predicted molar refractivity (Wildman–Crippen MR) is 128 cm³/mol. The fraction of sp³-hybridized carbons (Fsp3) is 0.500. The molecule has 0 heterocycles. The van der Waals surface area contributed by atoms with Crippen LogP contribution in [0.5, 0.6) is 11.5 Å². The average molecular weight is 469 g/mol. The fourth-order valence-electron chi connectivity index (χ4n) is 7.60. The molecule has 4 fully saturated rings. The molecule has 7 heteroatoms. The van der Waals surface area contributed by atoms with E-state index < -0.39 is 10.3 Å². The summed E-state index contributed by atoms with van der Waals surface area (Å²) in [5, 5.41) is 15.2. The van der Waals surface area contributed by atoms with E-state index in [0.717, 1.165) is 24.8 Å². The first-order chi connectivity index (χ1) is 15.5. The van der Waals surface area contributed by atoms with E-state index in [-0.39, 0.29) is 22.4 Å². The number of nitro benzene ring substituents is 1. The zero-order valence-electron chi connectivity index (χ0n) is 19.2. The first-order valence-corrected chi connectivity index (χ1v) is 11.9.